The maximum atomic E-state index is 12.3. The van der Waals surface area contributed by atoms with Crippen molar-refractivity contribution in [2.24, 2.45) is 5.92 Å². The molecule has 1 atom stereocenters. The number of aromatic nitrogens is 2. The molecule has 0 saturated carbocycles. The van der Waals surface area contributed by atoms with Gasteiger partial charge in [0.25, 0.3) is 0 Å². The zero-order valence-electron chi connectivity index (χ0n) is 16.6. The highest BCUT2D eigenvalue weighted by molar-refractivity contribution is 7.99. The predicted molar refractivity (Wildman–Crippen MR) is 122 cm³/mol. The molecule has 0 spiro atoms. The largest absolute Gasteiger partial charge is 0.383 e. The first-order valence-electron chi connectivity index (χ1n) is 9.51. The topological polar surface area (TPSA) is 115 Å². The van der Waals surface area contributed by atoms with Crippen molar-refractivity contribution in [3.8, 4) is 0 Å². The van der Waals surface area contributed by atoms with Crippen LogP contribution >= 0.6 is 23.1 Å². The lowest BCUT2D eigenvalue weighted by Gasteiger charge is -2.17. The van der Waals surface area contributed by atoms with Gasteiger partial charge in [0, 0.05) is 16.8 Å². The van der Waals surface area contributed by atoms with E-state index in [1.807, 2.05) is 0 Å². The van der Waals surface area contributed by atoms with Gasteiger partial charge in [-0.05, 0) is 55.0 Å². The van der Waals surface area contributed by atoms with Gasteiger partial charge >= 0.3 is 0 Å². The Morgan fingerprint density at radius 2 is 2.03 bits per heavy atom. The first kappa shape index (κ1) is 21.1. The Balaban J connectivity index is 1.44. The van der Waals surface area contributed by atoms with E-state index in [0.29, 0.717) is 22.6 Å². The average molecular weight is 463 g/mol. The average Bonchev–Trinajstić information content (AvgIpc) is 3.04. The van der Waals surface area contributed by atoms with Crippen LogP contribution in [0.5, 0.6) is 0 Å². The van der Waals surface area contributed by atoms with E-state index in [0.717, 1.165) is 35.7 Å². The first-order valence-corrected chi connectivity index (χ1v) is 13.2. The first-order chi connectivity index (χ1) is 14.2. The van der Waals surface area contributed by atoms with E-state index in [-0.39, 0.29) is 16.6 Å². The lowest BCUT2D eigenvalue weighted by atomic mass is 9.89. The molecule has 1 unspecified atom stereocenters. The highest BCUT2D eigenvalue weighted by Crippen LogP contribution is 2.39. The fraction of sp³-hybridized carbons (Fsp3) is 0.350. The Bertz CT molecular complexity index is 1220. The van der Waals surface area contributed by atoms with Crippen LogP contribution in [0.25, 0.3) is 10.2 Å². The molecule has 1 aliphatic rings. The number of thiophene rings is 1. The van der Waals surface area contributed by atoms with Gasteiger partial charge in [-0.25, -0.2) is 18.4 Å². The van der Waals surface area contributed by atoms with Crippen molar-refractivity contribution >= 4 is 60.6 Å². The molecule has 3 aromatic rings. The molecule has 1 aromatic carbocycles. The molecule has 3 N–H and O–H groups in total. The second kappa shape index (κ2) is 8.16. The third-order valence-electron chi connectivity index (χ3n) is 5.06. The van der Waals surface area contributed by atoms with Crippen LogP contribution in [0.2, 0.25) is 0 Å². The number of nitrogens with two attached hydrogens (primary N) is 1. The smallest absolute Gasteiger partial charge is 0.234 e. The minimum atomic E-state index is -3.27. The molecule has 30 heavy (non-hydrogen) atoms. The Hall–Kier alpha value is -2.17. The van der Waals surface area contributed by atoms with Crippen molar-refractivity contribution in [3.63, 3.8) is 0 Å². The lowest BCUT2D eigenvalue weighted by molar-refractivity contribution is -0.113. The molecule has 0 bridgehead atoms. The number of amides is 1. The number of carbonyl (C=O) groups is 1. The molecule has 1 amide bonds. The zero-order chi connectivity index (χ0) is 21.5. The summed E-state index contributed by atoms with van der Waals surface area (Å²) >= 11 is 2.91. The van der Waals surface area contributed by atoms with Crippen molar-refractivity contribution in [2.75, 3.05) is 23.1 Å². The minimum absolute atomic E-state index is 0.126. The number of sulfone groups is 1. The van der Waals surface area contributed by atoms with Gasteiger partial charge in [0.15, 0.2) is 15.0 Å². The number of fused-ring (bicyclic) bond motifs is 3. The molecule has 2 heterocycles. The van der Waals surface area contributed by atoms with Crippen LogP contribution in [0.4, 0.5) is 11.5 Å². The van der Waals surface area contributed by atoms with Gasteiger partial charge in [-0.3, -0.25) is 4.79 Å². The summed E-state index contributed by atoms with van der Waals surface area (Å²) in [7, 11) is -3.27. The third-order valence-corrected chi connectivity index (χ3v) is 8.19. The molecule has 158 valence electrons. The van der Waals surface area contributed by atoms with Crippen molar-refractivity contribution in [1.29, 1.82) is 0 Å². The summed E-state index contributed by atoms with van der Waals surface area (Å²) in [6, 6.07) is 6.07. The van der Waals surface area contributed by atoms with Crippen LogP contribution in [0, 0.1) is 5.92 Å². The summed E-state index contributed by atoms with van der Waals surface area (Å²) in [4.78, 5) is 23.8. The Labute approximate surface area is 183 Å². The summed E-state index contributed by atoms with van der Waals surface area (Å²) in [6.45, 7) is 2.26. The maximum absolute atomic E-state index is 12.3. The maximum Gasteiger partial charge on any atom is 0.234 e. The molecular weight excluding hydrogens is 440 g/mol. The summed E-state index contributed by atoms with van der Waals surface area (Å²) in [5.74, 6) is 1.05. The third kappa shape index (κ3) is 4.45. The number of benzene rings is 1. The van der Waals surface area contributed by atoms with Gasteiger partial charge in [0.1, 0.15) is 10.6 Å². The number of nitrogen functional groups attached to an aromatic ring is 1. The number of carbonyl (C=O) groups excluding carboxylic acids is 1. The van der Waals surface area contributed by atoms with Crippen molar-refractivity contribution in [3.05, 3.63) is 34.7 Å². The molecule has 1 aliphatic carbocycles. The van der Waals surface area contributed by atoms with Crippen molar-refractivity contribution in [2.45, 2.75) is 36.2 Å². The zero-order valence-corrected chi connectivity index (χ0v) is 19.1. The van der Waals surface area contributed by atoms with Crippen LogP contribution in [0.3, 0.4) is 0 Å². The molecule has 7 nitrogen and oxygen atoms in total. The van der Waals surface area contributed by atoms with Gasteiger partial charge in [0.2, 0.25) is 5.91 Å². The van der Waals surface area contributed by atoms with E-state index in [2.05, 4.69) is 22.2 Å². The van der Waals surface area contributed by atoms with Gasteiger partial charge in [0.05, 0.1) is 16.0 Å². The molecule has 0 saturated heterocycles. The van der Waals surface area contributed by atoms with Crippen LogP contribution in [-0.2, 0) is 27.5 Å². The monoisotopic (exact) mass is 462 g/mol. The van der Waals surface area contributed by atoms with Crippen molar-refractivity contribution in [1.82, 2.24) is 9.97 Å². The van der Waals surface area contributed by atoms with Crippen LogP contribution in [-0.4, -0.2) is 36.3 Å². The summed E-state index contributed by atoms with van der Waals surface area (Å²) in [5.41, 5.74) is 8.05. The number of rotatable bonds is 5. The Morgan fingerprint density at radius 3 is 2.73 bits per heavy atom. The van der Waals surface area contributed by atoms with E-state index in [4.69, 9.17) is 5.73 Å². The van der Waals surface area contributed by atoms with E-state index < -0.39 is 9.84 Å². The highest BCUT2D eigenvalue weighted by atomic mass is 32.2. The Kier molecular flexibility index (Phi) is 5.73. The van der Waals surface area contributed by atoms with Gasteiger partial charge in [-0.15, -0.1) is 11.3 Å². The van der Waals surface area contributed by atoms with E-state index in [9.17, 15) is 13.2 Å². The van der Waals surface area contributed by atoms with E-state index >= 15 is 0 Å². The molecule has 0 radical (unpaired) electrons. The molecule has 0 aliphatic heterocycles. The normalized spacial score (nSPS) is 16.4. The quantitative estimate of drug-likeness (QED) is 0.440. The van der Waals surface area contributed by atoms with Crippen LogP contribution in [0.15, 0.2) is 34.3 Å². The fourth-order valence-electron chi connectivity index (χ4n) is 3.53. The number of nitrogens with one attached hydrogen (secondary N) is 1. The predicted octanol–water partition coefficient (Wildman–Crippen LogP) is 3.53. The second-order valence-corrected chi connectivity index (χ2v) is 11.6. The number of thioether (sulfide) groups is 1. The summed E-state index contributed by atoms with van der Waals surface area (Å²) in [6.07, 6.45) is 4.36. The van der Waals surface area contributed by atoms with Gasteiger partial charge in [-0.1, -0.05) is 18.7 Å². The molecule has 10 heteroatoms. The standard InChI is InChI=1S/C20H22N4O3S3/c1-11-3-8-14-15(9-11)29-19-17(14)18(21)23-20(24-19)28-10-16(25)22-12-4-6-13(7-5-12)30(2,26)27/h4-7,11H,3,8-10H2,1-2H3,(H,22,25)(H2,21,23,24). The lowest BCUT2D eigenvalue weighted by Crippen LogP contribution is -2.14. The number of aryl methyl sites for hydroxylation is 1. The van der Waals surface area contributed by atoms with E-state index in [1.165, 1.54) is 34.3 Å². The number of nitrogens with zero attached hydrogens (tertiary/aromatic N) is 2. The van der Waals surface area contributed by atoms with Gasteiger partial charge < -0.3 is 11.1 Å². The Morgan fingerprint density at radius 1 is 1.30 bits per heavy atom. The molecular formula is C20H22N4O3S3. The second-order valence-electron chi connectivity index (χ2n) is 7.56. The van der Waals surface area contributed by atoms with Crippen LogP contribution in [0.1, 0.15) is 23.8 Å². The number of hydrogen-bond donors (Lipinski definition) is 2. The van der Waals surface area contributed by atoms with Crippen LogP contribution < -0.4 is 11.1 Å². The summed E-state index contributed by atoms with van der Waals surface area (Å²) in [5, 5.41) is 4.20. The highest BCUT2D eigenvalue weighted by Gasteiger charge is 2.23. The minimum Gasteiger partial charge on any atom is -0.383 e. The fourth-order valence-corrected chi connectivity index (χ4v) is 6.26. The SMILES string of the molecule is CC1CCc2c(sc3nc(SCC(=O)Nc4ccc(S(C)(=O)=O)cc4)nc(N)c23)C1. The van der Waals surface area contributed by atoms with Gasteiger partial charge in [-0.2, -0.15) is 0 Å². The molecule has 4 rings (SSSR count). The van der Waals surface area contributed by atoms with E-state index in [1.54, 1.807) is 23.5 Å². The van der Waals surface area contributed by atoms with Crippen molar-refractivity contribution < 1.29 is 13.2 Å². The number of hydrogen-bond acceptors (Lipinski definition) is 8. The molecule has 0 fully saturated rings. The summed E-state index contributed by atoms with van der Waals surface area (Å²) < 4.78 is 23.0. The molecule has 2 aromatic heterocycles. The number of anilines is 2.